The number of hydrogen-bond acceptors (Lipinski definition) is 4. The molecule has 5 nitrogen and oxygen atoms in total. The molecular formula is C10H12N2O3S. The Morgan fingerprint density at radius 2 is 1.88 bits per heavy atom. The Labute approximate surface area is 95.2 Å². The number of hydrogen-bond donors (Lipinski definition) is 1. The van der Waals surface area contributed by atoms with E-state index < -0.39 is 0 Å². The van der Waals surface area contributed by atoms with Crippen molar-refractivity contribution in [2.75, 3.05) is 0 Å². The fourth-order valence-corrected chi connectivity index (χ4v) is 2.98. The van der Waals surface area contributed by atoms with Crippen LogP contribution in [0, 0.1) is 6.92 Å². The van der Waals surface area contributed by atoms with Gasteiger partial charge in [-0.3, -0.25) is 13.9 Å². The second kappa shape index (κ2) is 3.57. The summed E-state index contributed by atoms with van der Waals surface area (Å²) in [7, 11) is 3.06. The maximum absolute atomic E-state index is 11.9. The van der Waals surface area contributed by atoms with E-state index in [-0.39, 0.29) is 17.9 Å². The van der Waals surface area contributed by atoms with Crippen LogP contribution in [0.5, 0.6) is 0 Å². The highest BCUT2D eigenvalue weighted by atomic mass is 32.1. The van der Waals surface area contributed by atoms with Crippen LogP contribution in [0.25, 0.3) is 10.2 Å². The first-order chi connectivity index (χ1) is 7.49. The number of nitrogens with zero attached hydrogens (tertiary/aromatic N) is 2. The molecule has 1 N–H and O–H groups in total. The monoisotopic (exact) mass is 240 g/mol. The number of aliphatic hydroxyl groups is 1. The van der Waals surface area contributed by atoms with Crippen LogP contribution < -0.4 is 11.2 Å². The zero-order valence-electron chi connectivity index (χ0n) is 9.27. The molecule has 0 aromatic carbocycles. The third-order valence-electron chi connectivity index (χ3n) is 2.75. The quantitative estimate of drug-likeness (QED) is 0.769. The Kier molecular flexibility index (Phi) is 2.47. The van der Waals surface area contributed by atoms with Gasteiger partial charge in [0, 0.05) is 24.5 Å². The van der Waals surface area contributed by atoms with E-state index in [1.54, 1.807) is 7.05 Å². The fraction of sp³-hybridized carbons (Fsp3) is 0.400. The molecule has 0 radical (unpaired) electrons. The molecule has 0 amide bonds. The molecule has 0 aliphatic rings. The van der Waals surface area contributed by atoms with Crippen molar-refractivity contribution in [2.24, 2.45) is 14.1 Å². The van der Waals surface area contributed by atoms with E-state index in [0.717, 1.165) is 9.44 Å². The van der Waals surface area contributed by atoms with Gasteiger partial charge in [-0.25, -0.2) is 4.79 Å². The number of aliphatic hydroxyl groups excluding tert-OH is 1. The summed E-state index contributed by atoms with van der Waals surface area (Å²) >= 11 is 1.31. The Morgan fingerprint density at radius 3 is 2.44 bits per heavy atom. The van der Waals surface area contributed by atoms with Crippen molar-refractivity contribution in [2.45, 2.75) is 13.5 Å². The van der Waals surface area contributed by atoms with Crippen LogP contribution in [0.2, 0.25) is 0 Å². The second-order valence-corrected chi connectivity index (χ2v) is 4.90. The summed E-state index contributed by atoms with van der Waals surface area (Å²) < 4.78 is 3.01. The SMILES string of the molecule is Cc1sc2c(=O)n(C)c(=O)n(C)c2c1CO. The zero-order chi connectivity index (χ0) is 12.0. The van der Waals surface area contributed by atoms with Gasteiger partial charge in [-0.05, 0) is 6.92 Å². The molecule has 0 aliphatic carbocycles. The minimum absolute atomic E-state index is 0.160. The molecule has 2 heterocycles. The normalized spacial score (nSPS) is 11.2. The average molecular weight is 240 g/mol. The summed E-state index contributed by atoms with van der Waals surface area (Å²) in [6, 6.07) is 0. The molecule has 0 unspecified atom stereocenters. The fourth-order valence-electron chi connectivity index (χ4n) is 1.81. The Bertz CT molecular complexity index is 678. The lowest BCUT2D eigenvalue weighted by Crippen LogP contribution is -2.36. The van der Waals surface area contributed by atoms with Crippen LogP contribution in [0.3, 0.4) is 0 Å². The van der Waals surface area contributed by atoms with Crippen molar-refractivity contribution in [1.82, 2.24) is 9.13 Å². The van der Waals surface area contributed by atoms with E-state index in [2.05, 4.69) is 0 Å². The lowest BCUT2D eigenvalue weighted by Gasteiger charge is -2.05. The predicted octanol–water partition coefficient (Wildman–Crippen LogP) is 0.0994. The van der Waals surface area contributed by atoms with Crippen molar-refractivity contribution in [3.05, 3.63) is 31.3 Å². The van der Waals surface area contributed by atoms with E-state index in [1.165, 1.54) is 23.0 Å². The number of aryl methyl sites for hydroxylation is 2. The zero-order valence-corrected chi connectivity index (χ0v) is 10.1. The van der Waals surface area contributed by atoms with Gasteiger partial charge in [0.05, 0.1) is 12.1 Å². The maximum atomic E-state index is 11.9. The van der Waals surface area contributed by atoms with Gasteiger partial charge in [0.1, 0.15) is 4.70 Å². The summed E-state index contributed by atoms with van der Waals surface area (Å²) in [5.74, 6) is 0. The summed E-state index contributed by atoms with van der Waals surface area (Å²) in [5, 5.41) is 9.26. The molecule has 2 aromatic heterocycles. The highest BCUT2D eigenvalue weighted by Crippen LogP contribution is 2.26. The molecule has 16 heavy (non-hydrogen) atoms. The smallest absolute Gasteiger partial charge is 0.330 e. The first kappa shape index (κ1) is 11.1. The van der Waals surface area contributed by atoms with Gasteiger partial charge in [-0.1, -0.05) is 0 Å². The van der Waals surface area contributed by atoms with Crippen molar-refractivity contribution in [1.29, 1.82) is 0 Å². The lowest BCUT2D eigenvalue weighted by molar-refractivity contribution is 0.282. The van der Waals surface area contributed by atoms with E-state index in [1.807, 2.05) is 6.92 Å². The number of thiophene rings is 1. The van der Waals surface area contributed by atoms with E-state index in [9.17, 15) is 14.7 Å². The number of fused-ring (bicyclic) bond motifs is 1. The molecule has 2 aromatic rings. The van der Waals surface area contributed by atoms with Gasteiger partial charge in [-0.15, -0.1) is 11.3 Å². The molecule has 0 atom stereocenters. The van der Waals surface area contributed by atoms with Crippen LogP contribution >= 0.6 is 11.3 Å². The van der Waals surface area contributed by atoms with Crippen LogP contribution in [0.4, 0.5) is 0 Å². The third kappa shape index (κ3) is 1.27. The summed E-state index contributed by atoms with van der Waals surface area (Å²) in [6.45, 7) is 1.67. The Morgan fingerprint density at radius 1 is 1.25 bits per heavy atom. The Hall–Kier alpha value is -1.40. The first-order valence-corrected chi connectivity index (χ1v) is 5.59. The van der Waals surface area contributed by atoms with Gasteiger partial charge in [0.2, 0.25) is 0 Å². The highest BCUT2D eigenvalue weighted by molar-refractivity contribution is 7.19. The van der Waals surface area contributed by atoms with E-state index >= 15 is 0 Å². The number of rotatable bonds is 1. The molecule has 0 spiro atoms. The number of aromatic nitrogens is 2. The molecule has 86 valence electrons. The van der Waals surface area contributed by atoms with Gasteiger partial charge < -0.3 is 5.11 Å². The van der Waals surface area contributed by atoms with Crippen molar-refractivity contribution >= 4 is 21.6 Å². The van der Waals surface area contributed by atoms with Crippen LogP contribution in [-0.4, -0.2) is 14.2 Å². The summed E-state index contributed by atoms with van der Waals surface area (Å²) in [5.41, 5.74) is 0.548. The van der Waals surface area contributed by atoms with Gasteiger partial charge >= 0.3 is 5.69 Å². The average Bonchev–Trinajstić information content (AvgIpc) is 2.60. The van der Waals surface area contributed by atoms with Crippen molar-refractivity contribution < 1.29 is 5.11 Å². The first-order valence-electron chi connectivity index (χ1n) is 4.78. The molecule has 0 bridgehead atoms. The van der Waals surface area contributed by atoms with Crippen molar-refractivity contribution in [3.63, 3.8) is 0 Å². The van der Waals surface area contributed by atoms with Gasteiger partial charge in [-0.2, -0.15) is 0 Å². The minimum Gasteiger partial charge on any atom is -0.392 e. The van der Waals surface area contributed by atoms with Crippen LogP contribution in [0.1, 0.15) is 10.4 Å². The maximum Gasteiger partial charge on any atom is 0.330 e. The topological polar surface area (TPSA) is 64.2 Å². The van der Waals surface area contributed by atoms with Crippen LogP contribution in [-0.2, 0) is 20.7 Å². The van der Waals surface area contributed by atoms with Gasteiger partial charge in [0.15, 0.2) is 0 Å². The molecule has 6 heteroatoms. The third-order valence-corrected chi connectivity index (χ3v) is 3.87. The predicted molar refractivity (Wildman–Crippen MR) is 63.0 cm³/mol. The molecule has 0 fully saturated rings. The van der Waals surface area contributed by atoms with E-state index in [4.69, 9.17) is 0 Å². The Balaban J connectivity index is 3.15. The molecule has 0 aliphatic heterocycles. The van der Waals surface area contributed by atoms with Crippen molar-refractivity contribution in [3.8, 4) is 0 Å². The van der Waals surface area contributed by atoms with E-state index in [0.29, 0.717) is 15.8 Å². The van der Waals surface area contributed by atoms with Crippen LogP contribution in [0.15, 0.2) is 9.59 Å². The summed E-state index contributed by atoms with van der Waals surface area (Å²) in [6.07, 6.45) is 0. The molecule has 0 saturated carbocycles. The molecule has 2 rings (SSSR count). The highest BCUT2D eigenvalue weighted by Gasteiger charge is 2.16. The molecule has 0 saturated heterocycles. The largest absolute Gasteiger partial charge is 0.392 e. The van der Waals surface area contributed by atoms with Gasteiger partial charge in [0.25, 0.3) is 5.56 Å². The molecular weight excluding hydrogens is 228 g/mol. The minimum atomic E-state index is -0.370. The lowest BCUT2D eigenvalue weighted by atomic mass is 10.2. The standard InChI is InChI=1S/C10H12N2O3S/c1-5-6(4-13)7-8(16-5)9(14)12(3)10(15)11(7)2/h13H,4H2,1-3H3. The summed E-state index contributed by atoms with van der Waals surface area (Å²) in [4.78, 5) is 24.5. The second-order valence-electron chi connectivity index (χ2n) is 3.68.